The summed E-state index contributed by atoms with van der Waals surface area (Å²) >= 11 is 1.09. The smallest absolute Gasteiger partial charge is 0.326 e. The largest absolute Gasteiger partial charge is 0.465 e. The second-order valence-electron chi connectivity index (χ2n) is 6.23. The molecule has 0 saturated carbocycles. The van der Waals surface area contributed by atoms with Crippen molar-refractivity contribution in [1.29, 1.82) is 0 Å². The summed E-state index contributed by atoms with van der Waals surface area (Å²) in [6, 6.07) is 11.2. The van der Waals surface area contributed by atoms with E-state index < -0.39 is 21.9 Å². The van der Waals surface area contributed by atoms with Gasteiger partial charge in [0.25, 0.3) is 5.91 Å². The number of hydrogen-bond donors (Lipinski definition) is 1. The van der Waals surface area contributed by atoms with Crippen LogP contribution >= 0.6 is 11.3 Å². The van der Waals surface area contributed by atoms with Crippen molar-refractivity contribution in [2.24, 2.45) is 10.1 Å². The van der Waals surface area contributed by atoms with Gasteiger partial charge in [-0.1, -0.05) is 29.0 Å². The van der Waals surface area contributed by atoms with E-state index in [-0.39, 0.29) is 22.8 Å². The lowest BCUT2D eigenvalue weighted by atomic mass is 10.1. The van der Waals surface area contributed by atoms with Gasteiger partial charge in [-0.05, 0) is 44.2 Å². The number of sulfonamides is 1. The fourth-order valence-electron chi connectivity index (χ4n) is 2.65. The monoisotopic (exact) mass is 433 g/mol. The summed E-state index contributed by atoms with van der Waals surface area (Å²) in [6.45, 7) is 3.65. The Labute approximate surface area is 171 Å². The molecule has 1 heterocycles. The minimum absolute atomic E-state index is 0.0639. The molecule has 0 radical (unpaired) electrons. The molecule has 0 aliphatic carbocycles. The molecule has 152 valence electrons. The predicted octanol–water partition coefficient (Wildman–Crippen LogP) is 1.96. The van der Waals surface area contributed by atoms with E-state index in [9.17, 15) is 18.0 Å². The number of esters is 1. The minimum atomic E-state index is -3.89. The second-order valence-corrected chi connectivity index (χ2v) is 8.80. The molecule has 8 nitrogen and oxygen atoms in total. The van der Waals surface area contributed by atoms with Crippen LogP contribution in [0.25, 0.3) is 10.2 Å². The molecule has 0 saturated heterocycles. The third-order valence-electron chi connectivity index (χ3n) is 4.07. The van der Waals surface area contributed by atoms with Gasteiger partial charge in [-0.15, -0.1) is 0 Å². The summed E-state index contributed by atoms with van der Waals surface area (Å²) in [4.78, 5) is 29.0. The Hall–Kier alpha value is -2.82. The number of thiazole rings is 1. The molecule has 3 rings (SSSR count). The zero-order valence-electron chi connectivity index (χ0n) is 15.8. The van der Waals surface area contributed by atoms with Crippen LogP contribution in [0.2, 0.25) is 0 Å². The number of amides is 1. The minimum Gasteiger partial charge on any atom is -0.465 e. The van der Waals surface area contributed by atoms with Crippen molar-refractivity contribution in [3.8, 4) is 0 Å². The Morgan fingerprint density at radius 2 is 1.86 bits per heavy atom. The van der Waals surface area contributed by atoms with Gasteiger partial charge >= 0.3 is 5.97 Å². The van der Waals surface area contributed by atoms with Gasteiger partial charge in [0.05, 0.1) is 21.7 Å². The van der Waals surface area contributed by atoms with Crippen molar-refractivity contribution in [2.75, 3.05) is 6.61 Å². The van der Waals surface area contributed by atoms with Gasteiger partial charge in [0, 0.05) is 5.56 Å². The number of fused-ring (bicyclic) bond motifs is 1. The average molecular weight is 434 g/mol. The molecule has 1 amide bonds. The molecule has 0 atom stereocenters. The average Bonchev–Trinajstić information content (AvgIpc) is 2.98. The topological polar surface area (TPSA) is 121 Å². The van der Waals surface area contributed by atoms with Crippen LogP contribution in [0.1, 0.15) is 22.8 Å². The lowest BCUT2D eigenvalue weighted by Gasteiger charge is -2.05. The fraction of sp³-hybridized carbons (Fsp3) is 0.211. The molecule has 3 aromatic rings. The van der Waals surface area contributed by atoms with Crippen LogP contribution in [0.4, 0.5) is 0 Å². The van der Waals surface area contributed by atoms with Crippen molar-refractivity contribution in [3.05, 3.63) is 58.4 Å². The first-order chi connectivity index (χ1) is 13.7. The molecular formula is C19H19N3O5S2. The zero-order chi connectivity index (χ0) is 21.2. The van der Waals surface area contributed by atoms with E-state index in [0.29, 0.717) is 15.8 Å². The van der Waals surface area contributed by atoms with Crippen LogP contribution in [0.3, 0.4) is 0 Å². The van der Waals surface area contributed by atoms with Crippen LogP contribution in [-0.4, -0.2) is 31.5 Å². The Kier molecular flexibility index (Phi) is 5.96. The Bertz CT molecular complexity index is 1260. The highest BCUT2D eigenvalue weighted by atomic mass is 32.2. The van der Waals surface area contributed by atoms with Gasteiger partial charge in [-0.25, -0.2) is 13.6 Å². The first-order valence-electron chi connectivity index (χ1n) is 8.66. The summed E-state index contributed by atoms with van der Waals surface area (Å²) in [6.07, 6.45) is 0. The van der Waals surface area contributed by atoms with E-state index >= 15 is 0 Å². The van der Waals surface area contributed by atoms with Gasteiger partial charge < -0.3 is 9.30 Å². The Morgan fingerprint density at radius 3 is 2.48 bits per heavy atom. The molecule has 0 unspecified atom stereocenters. The summed E-state index contributed by atoms with van der Waals surface area (Å²) in [5, 5.41) is 5.20. The first-order valence-corrected chi connectivity index (χ1v) is 11.0. The number of nitrogens with zero attached hydrogens (tertiary/aromatic N) is 2. The first kappa shape index (κ1) is 20.9. The zero-order valence-corrected chi connectivity index (χ0v) is 17.4. The number of nitrogens with two attached hydrogens (primary N) is 1. The maximum Gasteiger partial charge on any atom is 0.326 e. The third-order valence-corrected chi connectivity index (χ3v) is 6.02. The highest BCUT2D eigenvalue weighted by molar-refractivity contribution is 7.89. The second kappa shape index (κ2) is 8.27. The van der Waals surface area contributed by atoms with Crippen LogP contribution in [0.15, 0.2) is 52.4 Å². The molecule has 10 heteroatoms. The van der Waals surface area contributed by atoms with Crippen LogP contribution in [-0.2, 0) is 26.1 Å². The van der Waals surface area contributed by atoms with Crippen molar-refractivity contribution < 1.29 is 22.7 Å². The van der Waals surface area contributed by atoms with E-state index in [4.69, 9.17) is 9.88 Å². The van der Waals surface area contributed by atoms with Gasteiger partial charge in [0.1, 0.15) is 6.54 Å². The maximum absolute atomic E-state index is 12.6. The SMILES string of the molecule is CCOC(=O)Cn1c(=NC(=O)c2ccc(C)cc2)sc2cc(S(N)(=O)=O)ccc21. The number of benzene rings is 2. The Morgan fingerprint density at radius 1 is 1.17 bits per heavy atom. The molecule has 2 N–H and O–H groups in total. The molecule has 2 aromatic carbocycles. The van der Waals surface area contributed by atoms with Gasteiger partial charge in [0.2, 0.25) is 10.0 Å². The molecule has 0 fully saturated rings. The van der Waals surface area contributed by atoms with Crippen molar-refractivity contribution >= 4 is 43.5 Å². The van der Waals surface area contributed by atoms with E-state index in [1.807, 2.05) is 6.92 Å². The number of carbonyl (C=O) groups excluding carboxylic acids is 2. The number of carbonyl (C=O) groups is 2. The highest BCUT2D eigenvalue weighted by Gasteiger charge is 2.16. The molecule has 1 aromatic heterocycles. The Balaban J connectivity index is 2.16. The molecule has 0 bridgehead atoms. The van der Waals surface area contributed by atoms with Gasteiger partial charge in [0.15, 0.2) is 4.80 Å². The van der Waals surface area contributed by atoms with E-state index in [0.717, 1.165) is 16.9 Å². The van der Waals surface area contributed by atoms with Crippen LogP contribution in [0.5, 0.6) is 0 Å². The van der Waals surface area contributed by atoms with E-state index in [1.165, 1.54) is 22.8 Å². The van der Waals surface area contributed by atoms with E-state index in [1.54, 1.807) is 31.2 Å². The number of hydrogen-bond acceptors (Lipinski definition) is 6. The molecular weight excluding hydrogens is 414 g/mol. The highest BCUT2D eigenvalue weighted by Crippen LogP contribution is 2.21. The van der Waals surface area contributed by atoms with Crippen molar-refractivity contribution in [3.63, 3.8) is 0 Å². The third kappa shape index (κ3) is 4.78. The number of ether oxygens (including phenoxy) is 1. The van der Waals surface area contributed by atoms with Crippen molar-refractivity contribution in [2.45, 2.75) is 25.3 Å². The van der Waals surface area contributed by atoms with Crippen LogP contribution in [0, 0.1) is 6.92 Å². The van der Waals surface area contributed by atoms with E-state index in [2.05, 4.69) is 4.99 Å². The van der Waals surface area contributed by atoms with Crippen molar-refractivity contribution in [1.82, 2.24) is 4.57 Å². The molecule has 29 heavy (non-hydrogen) atoms. The maximum atomic E-state index is 12.6. The molecule has 0 aliphatic heterocycles. The van der Waals surface area contributed by atoms with Crippen LogP contribution < -0.4 is 9.94 Å². The number of aryl methyl sites for hydroxylation is 1. The summed E-state index contributed by atoms with van der Waals surface area (Å²) in [5.74, 6) is -0.965. The quantitative estimate of drug-likeness (QED) is 0.617. The summed E-state index contributed by atoms with van der Waals surface area (Å²) in [5.41, 5.74) is 1.96. The number of primary sulfonamides is 1. The predicted molar refractivity (Wildman–Crippen MR) is 109 cm³/mol. The summed E-state index contributed by atoms with van der Waals surface area (Å²) < 4.78 is 30.3. The number of rotatable bonds is 5. The molecule has 0 spiro atoms. The molecule has 0 aliphatic rings. The fourth-order valence-corrected chi connectivity index (χ4v) is 4.33. The number of aromatic nitrogens is 1. The van der Waals surface area contributed by atoms with Gasteiger partial charge in [-0.2, -0.15) is 4.99 Å². The standard InChI is InChI=1S/C19H19N3O5S2/c1-3-27-17(23)11-22-15-9-8-14(29(20,25)26)10-16(15)28-19(22)21-18(24)13-6-4-12(2)5-7-13/h4-10H,3,11H2,1-2H3,(H2,20,25,26). The lowest BCUT2D eigenvalue weighted by Crippen LogP contribution is -2.23. The normalized spacial score (nSPS) is 12.3. The lowest BCUT2D eigenvalue weighted by molar-refractivity contribution is -0.143. The van der Waals surface area contributed by atoms with Gasteiger partial charge in [-0.3, -0.25) is 9.59 Å². The summed E-state index contributed by atoms with van der Waals surface area (Å²) in [7, 11) is -3.89.